The molecule has 0 saturated carbocycles. The summed E-state index contributed by atoms with van der Waals surface area (Å²) < 4.78 is 5.66. The summed E-state index contributed by atoms with van der Waals surface area (Å²) in [6.45, 7) is 8.19. The molecule has 1 aromatic rings. The Morgan fingerprint density at radius 3 is 2.52 bits per heavy atom. The van der Waals surface area contributed by atoms with E-state index in [0.29, 0.717) is 6.61 Å². The molecule has 1 rings (SSSR count). The van der Waals surface area contributed by atoms with Crippen LogP contribution in [0.15, 0.2) is 54.6 Å². The van der Waals surface area contributed by atoms with E-state index in [0.717, 1.165) is 24.0 Å². The van der Waals surface area contributed by atoms with Gasteiger partial charge in [0.15, 0.2) is 6.10 Å². The van der Waals surface area contributed by atoms with Gasteiger partial charge < -0.3 is 9.84 Å². The van der Waals surface area contributed by atoms with Gasteiger partial charge in [-0.3, -0.25) is 0 Å². The van der Waals surface area contributed by atoms with E-state index >= 15 is 0 Å². The number of rotatable bonds is 9. The highest BCUT2D eigenvalue weighted by Gasteiger charge is 2.31. The molecule has 0 spiro atoms. The summed E-state index contributed by atoms with van der Waals surface area (Å²) >= 11 is 0. The first-order chi connectivity index (χ1) is 10.2. The zero-order chi connectivity index (χ0) is 15.7. The third-order valence-electron chi connectivity index (χ3n) is 3.43. The van der Waals surface area contributed by atoms with Crippen LogP contribution >= 0.6 is 0 Å². The summed E-state index contributed by atoms with van der Waals surface area (Å²) in [5.74, 6) is -1.29. The van der Waals surface area contributed by atoms with E-state index < -0.39 is 12.1 Å². The fourth-order valence-electron chi connectivity index (χ4n) is 2.29. The topological polar surface area (TPSA) is 46.5 Å². The van der Waals surface area contributed by atoms with Gasteiger partial charge in [0, 0.05) is 12.5 Å². The van der Waals surface area contributed by atoms with Crippen LogP contribution in [-0.2, 0) is 9.53 Å². The molecule has 3 nitrogen and oxygen atoms in total. The SMILES string of the molecule is C=C/C(=C\C)C(c1ccccc1)C(OCCCC)C(=O)O. The third kappa shape index (κ3) is 4.87. The standard InChI is InChI=1S/C18H24O3/c1-4-7-13-21-17(18(19)20)16(14(5-2)6-3)15-11-9-8-10-12-15/h5-6,8-12,16-17H,2,4,7,13H2,1,3H3,(H,19,20)/b14-6+. The highest BCUT2D eigenvalue weighted by atomic mass is 16.5. The molecule has 114 valence electrons. The second kappa shape index (κ2) is 9.14. The van der Waals surface area contributed by atoms with Gasteiger partial charge in [-0.15, -0.1) is 0 Å². The van der Waals surface area contributed by atoms with E-state index in [4.69, 9.17) is 4.74 Å². The van der Waals surface area contributed by atoms with Crippen molar-refractivity contribution >= 4 is 5.97 Å². The molecule has 0 amide bonds. The maximum atomic E-state index is 11.7. The predicted molar refractivity (Wildman–Crippen MR) is 85.4 cm³/mol. The van der Waals surface area contributed by atoms with E-state index in [-0.39, 0.29) is 5.92 Å². The molecule has 3 heteroatoms. The molecule has 1 aromatic carbocycles. The number of unbranched alkanes of at least 4 members (excludes halogenated alkanes) is 1. The second-order valence-corrected chi connectivity index (χ2v) is 4.86. The van der Waals surface area contributed by atoms with Gasteiger partial charge in [0.25, 0.3) is 0 Å². The molecule has 0 saturated heterocycles. The molecule has 0 heterocycles. The van der Waals surface area contributed by atoms with Crippen LogP contribution in [0.2, 0.25) is 0 Å². The highest BCUT2D eigenvalue weighted by molar-refractivity contribution is 5.75. The number of aliphatic carboxylic acids is 1. The summed E-state index contributed by atoms with van der Waals surface area (Å²) in [4.78, 5) is 11.7. The van der Waals surface area contributed by atoms with Gasteiger partial charge in [-0.05, 0) is 24.5 Å². The number of allylic oxidation sites excluding steroid dienone is 2. The lowest BCUT2D eigenvalue weighted by molar-refractivity contribution is -0.151. The minimum atomic E-state index is -0.943. The summed E-state index contributed by atoms with van der Waals surface area (Å²) in [6.07, 6.45) is 4.52. The van der Waals surface area contributed by atoms with Crippen molar-refractivity contribution in [3.05, 3.63) is 60.2 Å². The van der Waals surface area contributed by atoms with E-state index in [1.807, 2.05) is 43.3 Å². The molecule has 1 N–H and O–H groups in total. The van der Waals surface area contributed by atoms with Crippen molar-refractivity contribution in [2.45, 2.75) is 38.7 Å². The molecular weight excluding hydrogens is 264 g/mol. The van der Waals surface area contributed by atoms with Crippen LogP contribution in [0.3, 0.4) is 0 Å². The Balaban J connectivity index is 3.13. The zero-order valence-corrected chi connectivity index (χ0v) is 12.8. The Labute approximate surface area is 127 Å². The van der Waals surface area contributed by atoms with Crippen LogP contribution in [-0.4, -0.2) is 23.8 Å². The largest absolute Gasteiger partial charge is 0.479 e. The summed E-state index contributed by atoms with van der Waals surface area (Å²) in [6, 6.07) is 9.58. The Hall–Kier alpha value is -1.87. The van der Waals surface area contributed by atoms with Gasteiger partial charge in [0.2, 0.25) is 0 Å². The van der Waals surface area contributed by atoms with Crippen molar-refractivity contribution in [1.82, 2.24) is 0 Å². The molecule has 0 aliphatic heterocycles. The zero-order valence-electron chi connectivity index (χ0n) is 12.8. The number of benzene rings is 1. The highest BCUT2D eigenvalue weighted by Crippen LogP contribution is 2.31. The van der Waals surface area contributed by atoms with E-state index in [1.165, 1.54) is 0 Å². The van der Waals surface area contributed by atoms with Crippen LogP contribution < -0.4 is 0 Å². The number of carbonyl (C=O) groups is 1. The Morgan fingerprint density at radius 2 is 2.05 bits per heavy atom. The fraction of sp³-hybridized carbons (Fsp3) is 0.389. The first-order valence-corrected chi connectivity index (χ1v) is 7.33. The quantitative estimate of drug-likeness (QED) is 0.548. The predicted octanol–water partition coefficient (Wildman–Crippen LogP) is 4.17. The number of carboxylic acid groups (broad SMARTS) is 1. The van der Waals surface area contributed by atoms with Crippen LogP contribution in [0.1, 0.15) is 38.2 Å². The van der Waals surface area contributed by atoms with Crippen molar-refractivity contribution in [3.63, 3.8) is 0 Å². The summed E-state index contributed by atoms with van der Waals surface area (Å²) in [7, 11) is 0. The van der Waals surface area contributed by atoms with Gasteiger partial charge in [-0.2, -0.15) is 0 Å². The van der Waals surface area contributed by atoms with Gasteiger partial charge in [0.05, 0.1) is 0 Å². The molecule has 0 aromatic heterocycles. The molecule has 0 bridgehead atoms. The molecule has 0 fully saturated rings. The lowest BCUT2D eigenvalue weighted by Gasteiger charge is -2.26. The van der Waals surface area contributed by atoms with Gasteiger partial charge in [-0.25, -0.2) is 4.79 Å². The summed E-state index contributed by atoms with van der Waals surface area (Å²) in [5, 5.41) is 9.56. The van der Waals surface area contributed by atoms with Crippen LogP contribution in [0.5, 0.6) is 0 Å². The van der Waals surface area contributed by atoms with Crippen molar-refractivity contribution in [2.75, 3.05) is 6.61 Å². The van der Waals surface area contributed by atoms with Gasteiger partial charge >= 0.3 is 5.97 Å². The first kappa shape index (κ1) is 17.2. The Kier molecular flexibility index (Phi) is 7.48. The Morgan fingerprint density at radius 1 is 1.38 bits per heavy atom. The van der Waals surface area contributed by atoms with E-state index in [2.05, 4.69) is 13.5 Å². The number of ether oxygens (including phenoxy) is 1. The summed E-state index contributed by atoms with van der Waals surface area (Å²) in [5.41, 5.74) is 1.79. The van der Waals surface area contributed by atoms with Crippen LogP contribution in [0, 0.1) is 0 Å². The maximum absolute atomic E-state index is 11.7. The number of hydrogen-bond acceptors (Lipinski definition) is 2. The van der Waals surface area contributed by atoms with E-state index in [1.54, 1.807) is 6.08 Å². The normalized spacial score (nSPS) is 14.5. The monoisotopic (exact) mass is 288 g/mol. The number of hydrogen-bond donors (Lipinski definition) is 1. The minimum absolute atomic E-state index is 0.344. The van der Waals surface area contributed by atoms with Gasteiger partial charge in [0.1, 0.15) is 0 Å². The lowest BCUT2D eigenvalue weighted by atomic mass is 9.86. The average Bonchev–Trinajstić information content (AvgIpc) is 2.50. The average molecular weight is 288 g/mol. The molecule has 2 atom stereocenters. The van der Waals surface area contributed by atoms with Crippen molar-refractivity contribution < 1.29 is 14.6 Å². The molecule has 0 aliphatic carbocycles. The third-order valence-corrected chi connectivity index (χ3v) is 3.43. The second-order valence-electron chi connectivity index (χ2n) is 4.86. The van der Waals surface area contributed by atoms with Crippen molar-refractivity contribution in [1.29, 1.82) is 0 Å². The maximum Gasteiger partial charge on any atom is 0.333 e. The van der Waals surface area contributed by atoms with Crippen LogP contribution in [0.25, 0.3) is 0 Å². The fourth-order valence-corrected chi connectivity index (χ4v) is 2.29. The smallest absolute Gasteiger partial charge is 0.333 e. The molecule has 21 heavy (non-hydrogen) atoms. The molecule has 0 radical (unpaired) electrons. The lowest BCUT2D eigenvalue weighted by Crippen LogP contribution is -2.32. The van der Waals surface area contributed by atoms with Gasteiger partial charge in [-0.1, -0.05) is 62.4 Å². The van der Waals surface area contributed by atoms with E-state index in [9.17, 15) is 9.90 Å². The van der Waals surface area contributed by atoms with Crippen LogP contribution in [0.4, 0.5) is 0 Å². The molecule has 0 aliphatic rings. The number of carboxylic acids is 1. The molecular formula is C18H24O3. The van der Waals surface area contributed by atoms with Crippen molar-refractivity contribution in [2.24, 2.45) is 0 Å². The minimum Gasteiger partial charge on any atom is -0.479 e. The first-order valence-electron chi connectivity index (χ1n) is 7.33. The molecule has 2 unspecified atom stereocenters. The Bertz CT molecular complexity index is 476. The van der Waals surface area contributed by atoms with Crippen molar-refractivity contribution in [3.8, 4) is 0 Å².